The SMILES string of the molecule is CC(C)C(=O)C1(C)C=C(C=O)C([N+](=O)[O-])=CC([N+](=O)[O-])=C1. The summed E-state index contributed by atoms with van der Waals surface area (Å²) in [6, 6.07) is 0. The lowest BCUT2D eigenvalue weighted by Crippen LogP contribution is -2.29. The van der Waals surface area contributed by atoms with Crippen LogP contribution in [0.5, 0.6) is 0 Å². The molecule has 1 aliphatic carbocycles. The smallest absolute Gasteiger partial charge is 0.286 e. The summed E-state index contributed by atoms with van der Waals surface area (Å²) in [5.41, 5.74) is -3.11. The Balaban J connectivity index is 3.63. The summed E-state index contributed by atoms with van der Waals surface area (Å²) in [5, 5.41) is 22.0. The normalized spacial score (nSPS) is 21.8. The first-order valence-corrected chi connectivity index (χ1v) is 6.08. The van der Waals surface area contributed by atoms with E-state index < -0.39 is 32.6 Å². The molecule has 0 N–H and O–H groups in total. The van der Waals surface area contributed by atoms with Gasteiger partial charge in [-0.15, -0.1) is 0 Å². The largest absolute Gasteiger partial charge is 0.298 e. The molecule has 0 aromatic carbocycles. The van der Waals surface area contributed by atoms with Crippen LogP contribution in [0.2, 0.25) is 0 Å². The molecule has 0 heterocycles. The van der Waals surface area contributed by atoms with Gasteiger partial charge in [0.15, 0.2) is 6.29 Å². The van der Waals surface area contributed by atoms with Gasteiger partial charge in [0.25, 0.3) is 11.4 Å². The monoisotopic (exact) mass is 294 g/mol. The predicted molar refractivity (Wildman–Crippen MR) is 72.3 cm³/mol. The van der Waals surface area contributed by atoms with E-state index >= 15 is 0 Å². The molecule has 0 aliphatic heterocycles. The number of aldehydes is 1. The van der Waals surface area contributed by atoms with Crippen LogP contribution in [0.25, 0.3) is 0 Å². The maximum absolute atomic E-state index is 12.3. The Kier molecular flexibility index (Phi) is 4.52. The van der Waals surface area contributed by atoms with E-state index in [1.54, 1.807) is 13.8 Å². The van der Waals surface area contributed by atoms with Gasteiger partial charge in [-0.2, -0.15) is 0 Å². The second kappa shape index (κ2) is 5.78. The van der Waals surface area contributed by atoms with Gasteiger partial charge < -0.3 is 0 Å². The maximum Gasteiger partial charge on any atom is 0.286 e. The van der Waals surface area contributed by atoms with E-state index in [2.05, 4.69) is 0 Å². The third-order valence-electron chi connectivity index (χ3n) is 3.07. The Morgan fingerprint density at radius 3 is 2.19 bits per heavy atom. The summed E-state index contributed by atoms with van der Waals surface area (Å²) in [7, 11) is 0. The number of allylic oxidation sites excluding steroid dienone is 4. The summed E-state index contributed by atoms with van der Waals surface area (Å²) in [4.78, 5) is 43.6. The lowest BCUT2D eigenvalue weighted by molar-refractivity contribution is -0.431. The van der Waals surface area contributed by atoms with Crippen molar-refractivity contribution in [2.24, 2.45) is 11.3 Å². The van der Waals surface area contributed by atoms with Crippen molar-refractivity contribution in [1.82, 2.24) is 0 Å². The molecule has 0 fully saturated rings. The minimum Gasteiger partial charge on any atom is -0.298 e. The van der Waals surface area contributed by atoms with Crippen LogP contribution in [0.3, 0.4) is 0 Å². The van der Waals surface area contributed by atoms with Gasteiger partial charge in [0, 0.05) is 12.0 Å². The highest BCUT2D eigenvalue weighted by Crippen LogP contribution is 2.33. The fraction of sp³-hybridized carbons (Fsp3) is 0.385. The highest BCUT2D eigenvalue weighted by Gasteiger charge is 2.38. The van der Waals surface area contributed by atoms with Crippen molar-refractivity contribution in [1.29, 1.82) is 0 Å². The van der Waals surface area contributed by atoms with Crippen molar-refractivity contribution < 1.29 is 19.4 Å². The Hall–Kier alpha value is -2.64. The molecule has 0 bridgehead atoms. The van der Waals surface area contributed by atoms with Gasteiger partial charge in [-0.3, -0.25) is 29.8 Å². The van der Waals surface area contributed by atoms with Crippen molar-refractivity contribution in [3.8, 4) is 0 Å². The second-order valence-electron chi connectivity index (χ2n) is 5.13. The molecule has 0 radical (unpaired) electrons. The molecule has 1 rings (SSSR count). The molecule has 8 nitrogen and oxygen atoms in total. The third-order valence-corrected chi connectivity index (χ3v) is 3.07. The minimum atomic E-state index is -1.46. The average molecular weight is 294 g/mol. The minimum absolute atomic E-state index is 0.219. The average Bonchev–Trinajstić information content (AvgIpc) is 2.55. The number of Topliss-reactive ketones (excluding diaryl/α,β-unsaturated/α-hetero) is 1. The first-order chi connectivity index (χ1) is 9.62. The van der Waals surface area contributed by atoms with Crippen LogP contribution < -0.4 is 0 Å². The molecule has 8 heteroatoms. The Morgan fingerprint density at radius 2 is 1.81 bits per heavy atom. The Morgan fingerprint density at radius 1 is 1.24 bits per heavy atom. The van der Waals surface area contributed by atoms with E-state index in [1.165, 1.54) is 6.92 Å². The van der Waals surface area contributed by atoms with Gasteiger partial charge >= 0.3 is 0 Å². The van der Waals surface area contributed by atoms with Gasteiger partial charge in [-0.05, 0) is 13.0 Å². The summed E-state index contributed by atoms with van der Waals surface area (Å²) in [6.07, 6.45) is 3.05. The second-order valence-corrected chi connectivity index (χ2v) is 5.13. The standard InChI is InChI=1S/C13H14N2O6/c1-8(2)12(17)13(3)5-9(7-16)11(15(20)21)4-10(6-13)14(18)19/h4-8H,1-3H3. The molecule has 1 aliphatic rings. The van der Waals surface area contributed by atoms with Crippen LogP contribution >= 0.6 is 0 Å². The zero-order valence-corrected chi connectivity index (χ0v) is 11.7. The van der Waals surface area contributed by atoms with Crippen LogP contribution in [-0.4, -0.2) is 21.9 Å². The van der Waals surface area contributed by atoms with Crippen LogP contribution in [0.1, 0.15) is 20.8 Å². The predicted octanol–water partition coefficient (Wildman–Crippen LogP) is 1.68. The quantitative estimate of drug-likeness (QED) is 0.432. The fourth-order valence-corrected chi connectivity index (χ4v) is 2.13. The first-order valence-electron chi connectivity index (χ1n) is 6.08. The van der Waals surface area contributed by atoms with Gasteiger partial charge in [-0.25, -0.2) is 0 Å². The fourth-order valence-electron chi connectivity index (χ4n) is 2.13. The number of hydrogen-bond acceptors (Lipinski definition) is 6. The number of nitrogens with zero attached hydrogens (tertiary/aromatic N) is 2. The number of ketones is 1. The van der Waals surface area contributed by atoms with Crippen LogP contribution in [0, 0.1) is 31.6 Å². The van der Waals surface area contributed by atoms with Crippen molar-refractivity contribution in [3.63, 3.8) is 0 Å². The summed E-state index contributed by atoms with van der Waals surface area (Å²) < 4.78 is 0. The van der Waals surface area contributed by atoms with E-state index in [4.69, 9.17) is 0 Å². The van der Waals surface area contributed by atoms with Crippen molar-refractivity contribution in [2.75, 3.05) is 0 Å². The van der Waals surface area contributed by atoms with E-state index in [9.17, 15) is 29.8 Å². The van der Waals surface area contributed by atoms with Gasteiger partial charge in [0.05, 0.1) is 26.9 Å². The first kappa shape index (κ1) is 16.4. The number of carbonyl (C=O) groups is 2. The highest BCUT2D eigenvalue weighted by atomic mass is 16.6. The lowest BCUT2D eigenvalue weighted by atomic mass is 9.79. The van der Waals surface area contributed by atoms with Crippen molar-refractivity contribution in [2.45, 2.75) is 20.8 Å². The zero-order chi connectivity index (χ0) is 16.4. The molecule has 0 saturated carbocycles. The summed E-state index contributed by atoms with van der Waals surface area (Å²) in [5.74, 6) is -0.834. The molecular formula is C13H14N2O6. The molecule has 0 amide bonds. The van der Waals surface area contributed by atoms with Gasteiger partial charge in [-0.1, -0.05) is 13.8 Å². The molecule has 0 spiro atoms. The molecule has 112 valence electrons. The van der Waals surface area contributed by atoms with Crippen molar-refractivity contribution >= 4 is 12.1 Å². The summed E-state index contributed by atoms with van der Waals surface area (Å²) >= 11 is 0. The molecule has 1 unspecified atom stereocenters. The third kappa shape index (κ3) is 3.28. The molecule has 0 aromatic heterocycles. The van der Waals surface area contributed by atoms with E-state index in [1.807, 2.05) is 0 Å². The highest BCUT2D eigenvalue weighted by molar-refractivity contribution is 5.92. The topological polar surface area (TPSA) is 120 Å². The number of nitro groups is 2. The van der Waals surface area contributed by atoms with E-state index in [-0.39, 0.29) is 17.6 Å². The van der Waals surface area contributed by atoms with Crippen molar-refractivity contribution in [3.05, 3.63) is 55.4 Å². The van der Waals surface area contributed by atoms with Crippen LogP contribution in [0.15, 0.2) is 35.2 Å². The van der Waals surface area contributed by atoms with Gasteiger partial charge in [0.2, 0.25) is 0 Å². The summed E-state index contributed by atoms with van der Waals surface area (Å²) in [6.45, 7) is 4.60. The van der Waals surface area contributed by atoms with E-state index in [0.717, 1.165) is 12.2 Å². The maximum atomic E-state index is 12.3. The molecule has 21 heavy (non-hydrogen) atoms. The van der Waals surface area contributed by atoms with E-state index in [0.29, 0.717) is 6.08 Å². The number of rotatable bonds is 5. The molecular weight excluding hydrogens is 280 g/mol. The van der Waals surface area contributed by atoms with Gasteiger partial charge in [0.1, 0.15) is 5.78 Å². The molecule has 1 atom stereocenters. The zero-order valence-electron chi connectivity index (χ0n) is 11.7. The van der Waals surface area contributed by atoms with Crippen LogP contribution in [0.4, 0.5) is 0 Å². The lowest BCUT2D eigenvalue weighted by Gasteiger charge is -2.21. The Labute approximate surface area is 120 Å². The number of carbonyl (C=O) groups excluding carboxylic acids is 2. The number of hydrogen-bond donors (Lipinski definition) is 0. The molecule has 0 saturated heterocycles. The van der Waals surface area contributed by atoms with Crippen LogP contribution in [-0.2, 0) is 9.59 Å². The Bertz CT molecular complexity index is 614. The molecule has 0 aromatic rings.